The second kappa shape index (κ2) is 5.99. The Kier molecular flexibility index (Phi) is 4.12. The molecule has 0 aromatic carbocycles. The summed E-state index contributed by atoms with van der Waals surface area (Å²) in [6, 6.07) is 1.67. The summed E-state index contributed by atoms with van der Waals surface area (Å²) >= 11 is 0. The molecular formula is C13H16N4O2. The van der Waals surface area contributed by atoms with Gasteiger partial charge in [-0.15, -0.1) is 0 Å². The first kappa shape index (κ1) is 13.1. The fourth-order valence-electron chi connectivity index (χ4n) is 1.66. The molecule has 19 heavy (non-hydrogen) atoms. The number of amides is 1. The van der Waals surface area contributed by atoms with Crippen LogP contribution in [-0.4, -0.2) is 22.4 Å². The molecule has 0 unspecified atom stereocenters. The lowest BCUT2D eigenvalue weighted by atomic mass is 10.2. The molecule has 0 bridgehead atoms. The number of pyridine rings is 1. The van der Waals surface area contributed by atoms with Crippen LogP contribution in [0.5, 0.6) is 0 Å². The smallest absolute Gasteiger partial charge is 0.253 e. The third kappa shape index (κ3) is 3.31. The molecule has 2 aromatic rings. The molecule has 0 atom stereocenters. The molecule has 6 heteroatoms. The van der Waals surface area contributed by atoms with E-state index >= 15 is 0 Å². The lowest BCUT2D eigenvalue weighted by Gasteiger charge is -2.09. The van der Waals surface area contributed by atoms with E-state index in [4.69, 9.17) is 4.42 Å². The van der Waals surface area contributed by atoms with Gasteiger partial charge in [-0.05, 0) is 19.9 Å². The van der Waals surface area contributed by atoms with E-state index in [9.17, 15) is 4.79 Å². The second-order valence-electron chi connectivity index (χ2n) is 4.00. The Morgan fingerprint density at radius 2 is 2.26 bits per heavy atom. The molecule has 0 fully saturated rings. The molecule has 100 valence electrons. The monoisotopic (exact) mass is 260 g/mol. The summed E-state index contributed by atoms with van der Waals surface area (Å²) in [6.45, 7) is 4.76. The van der Waals surface area contributed by atoms with Crippen molar-refractivity contribution in [3.05, 3.63) is 41.9 Å². The number of hydrogen-bond acceptors (Lipinski definition) is 5. The van der Waals surface area contributed by atoms with E-state index in [1.807, 2.05) is 13.8 Å². The number of nitrogens with zero attached hydrogens (tertiary/aromatic N) is 2. The highest BCUT2D eigenvalue weighted by atomic mass is 16.4. The topological polar surface area (TPSA) is 80.0 Å². The molecule has 0 aliphatic heterocycles. The van der Waals surface area contributed by atoms with E-state index in [2.05, 4.69) is 20.6 Å². The van der Waals surface area contributed by atoms with Gasteiger partial charge in [0, 0.05) is 12.7 Å². The third-order valence-corrected chi connectivity index (χ3v) is 2.50. The fourth-order valence-corrected chi connectivity index (χ4v) is 1.66. The van der Waals surface area contributed by atoms with Gasteiger partial charge in [0.25, 0.3) is 5.91 Å². The molecule has 2 rings (SSSR count). The van der Waals surface area contributed by atoms with Gasteiger partial charge in [0.15, 0.2) is 0 Å². The predicted molar refractivity (Wildman–Crippen MR) is 70.8 cm³/mol. The Labute approximate surface area is 111 Å². The first-order valence-electron chi connectivity index (χ1n) is 6.08. The average molecular weight is 260 g/mol. The zero-order chi connectivity index (χ0) is 13.7. The van der Waals surface area contributed by atoms with Crippen LogP contribution < -0.4 is 10.6 Å². The summed E-state index contributed by atoms with van der Waals surface area (Å²) in [5.74, 6) is 1.03. The van der Waals surface area contributed by atoms with Crippen molar-refractivity contribution in [2.75, 3.05) is 11.9 Å². The molecule has 0 saturated carbocycles. The summed E-state index contributed by atoms with van der Waals surface area (Å²) in [6.07, 6.45) is 4.84. The minimum atomic E-state index is -0.186. The molecule has 2 N–H and O–H groups in total. The number of carbonyl (C=O) groups is 1. The van der Waals surface area contributed by atoms with Crippen molar-refractivity contribution in [3.63, 3.8) is 0 Å². The van der Waals surface area contributed by atoms with Gasteiger partial charge in [0.05, 0.1) is 30.2 Å². The number of aromatic nitrogens is 2. The number of hydrogen-bond donors (Lipinski definition) is 2. The van der Waals surface area contributed by atoms with Gasteiger partial charge in [0.1, 0.15) is 5.76 Å². The lowest BCUT2D eigenvalue weighted by molar-refractivity contribution is 0.0948. The van der Waals surface area contributed by atoms with Crippen LogP contribution in [0.4, 0.5) is 5.69 Å². The molecule has 1 amide bonds. The molecular weight excluding hydrogens is 244 g/mol. The van der Waals surface area contributed by atoms with Crippen molar-refractivity contribution in [1.82, 2.24) is 15.3 Å². The van der Waals surface area contributed by atoms with Crippen molar-refractivity contribution >= 4 is 11.6 Å². The van der Waals surface area contributed by atoms with Crippen LogP contribution in [0.2, 0.25) is 0 Å². The van der Waals surface area contributed by atoms with E-state index in [-0.39, 0.29) is 12.5 Å². The summed E-state index contributed by atoms with van der Waals surface area (Å²) < 4.78 is 5.29. The van der Waals surface area contributed by atoms with Gasteiger partial charge in [-0.25, -0.2) is 4.98 Å². The van der Waals surface area contributed by atoms with E-state index in [0.29, 0.717) is 17.1 Å². The van der Waals surface area contributed by atoms with E-state index < -0.39 is 0 Å². The van der Waals surface area contributed by atoms with Gasteiger partial charge >= 0.3 is 0 Å². The van der Waals surface area contributed by atoms with Crippen molar-refractivity contribution < 1.29 is 9.21 Å². The van der Waals surface area contributed by atoms with E-state index in [0.717, 1.165) is 12.3 Å². The Bertz CT molecular complexity index is 565. The van der Waals surface area contributed by atoms with Crippen LogP contribution in [0, 0.1) is 6.92 Å². The van der Waals surface area contributed by atoms with Crippen LogP contribution in [0.25, 0.3) is 0 Å². The Hall–Kier alpha value is -2.37. The molecule has 2 heterocycles. The van der Waals surface area contributed by atoms with Gasteiger partial charge in [0.2, 0.25) is 5.89 Å². The van der Waals surface area contributed by atoms with Crippen molar-refractivity contribution in [2.45, 2.75) is 20.4 Å². The molecule has 0 aliphatic rings. The Morgan fingerprint density at radius 1 is 1.42 bits per heavy atom. The first-order valence-corrected chi connectivity index (χ1v) is 6.08. The van der Waals surface area contributed by atoms with Gasteiger partial charge < -0.3 is 15.1 Å². The first-order chi connectivity index (χ1) is 9.20. The molecule has 0 radical (unpaired) electrons. The highest BCUT2D eigenvalue weighted by Gasteiger charge is 2.11. The highest BCUT2D eigenvalue weighted by Crippen LogP contribution is 2.13. The molecule has 2 aromatic heterocycles. The zero-order valence-electron chi connectivity index (χ0n) is 10.9. The summed E-state index contributed by atoms with van der Waals surface area (Å²) in [5.41, 5.74) is 1.27. The summed E-state index contributed by atoms with van der Waals surface area (Å²) in [4.78, 5) is 20.1. The number of aryl methyl sites for hydroxylation is 1. The van der Waals surface area contributed by atoms with Crippen molar-refractivity contribution in [3.8, 4) is 0 Å². The third-order valence-electron chi connectivity index (χ3n) is 2.50. The number of oxazole rings is 1. The number of carbonyl (C=O) groups excluding carboxylic acids is 1. The quantitative estimate of drug-likeness (QED) is 0.856. The SMILES string of the molecule is CCNc1cnccc1C(=O)NCc1ncc(C)o1. The van der Waals surface area contributed by atoms with E-state index in [1.54, 1.807) is 24.7 Å². The molecule has 0 aliphatic carbocycles. The maximum absolute atomic E-state index is 12.1. The van der Waals surface area contributed by atoms with Crippen LogP contribution in [-0.2, 0) is 6.54 Å². The van der Waals surface area contributed by atoms with Crippen molar-refractivity contribution in [2.24, 2.45) is 0 Å². The van der Waals surface area contributed by atoms with Gasteiger partial charge in [-0.2, -0.15) is 0 Å². The van der Waals surface area contributed by atoms with Crippen LogP contribution in [0.1, 0.15) is 28.9 Å². The van der Waals surface area contributed by atoms with Crippen LogP contribution in [0.3, 0.4) is 0 Å². The maximum Gasteiger partial charge on any atom is 0.253 e. The summed E-state index contributed by atoms with van der Waals surface area (Å²) in [7, 11) is 0. The minimum absolute atomic E-state index is 0.186. The Morgan fingerprint density at radius 3 is 2.95 bits per heavy atom. The van der Waals surface area contributed by atoms with Crippen LogP contribution in [0.15, 0.2) is 29.1 Å². The van der Waals surface area contributed by atoms with Gasteiger partial charge in [-0.1, -0.05) is 0 Å². The van der Waals surface area contributed by atoms with Crippen LogP contribution >= 0.6 is 0 Å². The number of rotatable bonds is 5. The highest BCUT2D eigenvalue weighted by molar-refractivity contribution is 5.99. The fraction of sp³-hybridized carbons (Fsp3) is 0.308. The second-order valence-corrected chi connectivity index (χ2v) is 4.00. The van der Waals surface area contributed by atoms with Crippen molar-refractivity contribution in [1.29, 1.82) is 0 Å². The zero-order valence-corrected chi connectivity index (χ0v) is 10.9. The normalized spacial score (nSPS) is 10.2. The minimum Gasteiger partial charge on any atom is -0.444 e. The number of anilines is 1. The molecule has 0 spiro atoms. The lowest BCUT2D eigenvalue weighted by Crippen LogP contribution is -2.24. The predicted octanol–water partition coefficient (Wildman–Crippen LogP) is 1.74. The maximum atomic E-state index is 12.1. The molecule has 6 nitrogen and oxygen atoms in total. The largest absolute Gasteiger partial charge is 0.444 e. The summed E-state index contributed by atoms with van der Waals surface area (Å²) in [5, 5.41) is 5.86. The van der Waals surface area contributed by atoms with Gasteiger partial charge in [-0.3, -0.25) is 9.78 Å². The Balaban J connectivity index is 2.03. The average Bonchev–Trinajstić information content (AvgIpc) is 2.83. The van der Waals surface area contributed by atoms with E-state index in [1.165, 1.54) is 0 Å². The standard InChI is InChI=1S/C13H16N4O2/c1-3-15-11-7-14-5-4-10(11)13(18)17-8-12-16-6-9(2)19-12/h4-7,15H,3,8H2,1-2H3,(H,17,18). The molecule has 0 saturated heterocycles. The number of nitrogens with one attached hydrogen (secondary N) is 2.